The number of benzene rings is 1. The number of hydrogen-bond acceptors (Lipinski definition) is 6. The highest BCUT2D eigenvalue weighted by atomic mass is 32.1. The van der Waals surface area contributed by atoms with Crippen molar-refractivity contribution in [2.75, 3.05) is 11.9 Å². The number of hydrogen-bond donors (Lipinski definition) is 1. The predicted molar refractivity (Wildman–Crippen MR) is 79.0 cm³/mol. The lowest BCUT2D eigenvalue weighted by atomic mass is 9.98. The van der Waals surface area contributed by atoms with Gasteiger partial charge in [0, 0.05) is 0 Å². The molecule has 1 aromatic carbocycles. The van der Waals surface area contributed by atoms with E-state index in [4.69, 9.17) is 4.74 Å². The van der Waals surface area contributed by atoms with Crippen molar-refractivity contribution in [3.63, 3.8) is 0 Å². The smallest absolute Gasteiger partial charge is 0.306 e. The Hall–Kier alpha value is -2.28. The predicted octanol–water partition coefficient (Wildman–Crippen LogP) is 2.21. The Kier molecular flexibility index (Phi) is 5.39. The minimum atomic E-state index is -0.424. The minimum Gasteiger partial charge on any atom is -0.456 e. The average molecular weight is 305 g/mol. The van der Waals surface area contributed by atoms with E-state index in [1.54, 1.807) is 0 Å². The van der Waals surface area contributed by atoms with Crippen LogP contribution in [0, 0.1) is 0 Å². The molecule has 0 bridgehead atoms. The highest BCUT2D eigenvalue weighted by molar-refractivity contribution is 7.13. The highest BCUT2D eigenvalue weighted by Crippen LogP contribution is 2.18. The van der Waals surface area contributed by atoms with Gasteiger partial charge in [0.1, 0.15) is 5.51 Å². The Morgan fingerprint density at radius 2 is 2.10 bits per heavy atom. The first-order chi connectivity index (χ1) is 10.1. The minimum absolute atomic E-state index is 0.0462. The van der Waals surface area contributed by atoms with Crippen molar-refractivity contribution < 1.29 is 14.3 Å². The van der Waals surface area contributed by atoms with Crippen LogP contribution in [-0.2, 0) is 14.3 Å². The maximum atomic E-state index is 11.7. The van der Waals surface area contributed by atoms with Gasteiger partial charge in [-0.1, -0.05) is 48.6 Å². The zero-order chi connectivity index (χ0) is 15.1. The Morgan fingerprint density at radius 1 is 1.33 bits per heavy atom. The number of amides is 1. The first-order valence-corrected chi connectivity index (χ1v) is 7.29. The van der Waals surface area contributed by atoms with E-state index < -0.39 is 11.9 Å². The maximum absolute atomic E-state index is 11.7. The molecular formula is C14H15N3O3S. The number of anilines is 1. The highest BCUT2D eigenvalue weighted by Gasteiger charge is 2.14. The second kappa shape index (κ2) is 7.49. The summed E-state index contributed by atoms with van der Waals surface area (Å²) in [6.07, 6.45) is 0.232. The molecule has 0 saturated carbocycles. The van der Waals surface area contributed by atoms with Crippen LogP contribution < -0.4 is 5.32 Å². The van der Waals surface area contributed by atoms with Gasteiger partial charge in [0.15, 0.2) is 6.61 Å². The van der Waals surface area contributed by atoms with Gasteiger partial charge in [-0.3, -0.25) is 14.9 Å². The van der Waals surface area contributed by atoms with E-state index in [-0.39, 0.29) is 18.9 Å². The molecule has 2 aromatic rings. The average Bonchev–Trinajstić information content (AvgIpc) is 2.99. The molecule has 7 heteroatoms. The fourth-order valence-corrected chi connectivity index (χ4v) is 2.20. The van der Waals surface area contributed by atoms with Crippen LogP contribution in [0.1, 0.15) is 24.8 Å². The van der Waals surface area contributed by atoms with Crippen LogP contribution in [0.25, 0.3) is 0 Å². The molecule has 1 N–H and O–H groups in total. The van der Waals surface area contributed by atoms with E-state index in [0.717, 1.165) is 5.56 Å². The van der Waals surface area contributed by atoms with Gasteiger partial charge in [0.05, 0.1) is 6.42 Å². The van der Waals surface area contributed by atoms with E-state index in [2.05, 4.69) is 15.5 Å². The van der Waals surface area contributed by atoms with E-state index in [9.17, 15) is 9.59 Å². The first-order valence-electron chi connectivity index (χ1n) is 6.41. The van der Waals surface area contributed by atoms with Crippen molar-refractivity contribution in [2.45, 2.75) is 19.3 Å². The molecule has 1 heterocycles. The SMILES string of the molecule is C[C@@H](CC(=O)OCC(=O)Nc1nncs1)c1ccccc1. The lowest BCUT2D eigenvalue weighted by Gasteiger charge is -2.11. The van der Waals surface area contributed by atoms with Crippen molar-refractivity contribution in [3.05, 3.63) is 41.4 Å². The number of nitrogens with one attached hydrogen (secondary N) is 1. The van der Waals surface area contributed by atoms with E-state index in [1.165, 1.54) is 16.8 Å². The number of carbonyl (C=O) groups is 2. The lowest BCUT2D eigenvalue weighted by molar-refractivity contribution is -0.147. The van der Waals surface area contributed by atoms with Gasteiger partial charge in [0.25, 0.3) is 5.91 Å². The number of ether oxygens (including phenoxy) is 1. The number of esters is 1. The second-order valence-electron chi connectivity index (χ2n) is 4.47. The molecule has 6 nitrogen and oxygen atoms in total. The van der Waals surface area contributed by atoms with Crippen LogP contribution in [-0.4, -0.2) is 28.7 Å². The van der Waals surface area contributed by atoms with Gasteiger partial charge in [0.2, 0.25) is 5.13 Å². The van der Waals surface area contributed by atoms with Crippen molar-refractivity contribution in [1.29, 1.82) is 0 Å². The molecular weight excluding hydrogens is 290 g/mol. The van der Waals surface area contributed by atoms with Gasteiger partial charge in [-0.2, -0.15) is 0 Å². The first kappa shape index (κ1) is 15.1. The number of rotatable bonds is 6. The van der Waals surface area contributed by atoms with E-state index >= 15 is 0 Å². The van der Waals surface area contributed by atoms with Gasteiger partial charge < -0.3 is 4.74 Å². The summed E-state index contributed by atoms with van der Waals surface area (Å²) < 4.78 is 4.95. The third-order valence-electron chi connectivity index (χ3n) is 2.81. The molecule has 21 heavy (non-hydrogen) atoms. The number of nitrogens with zero attached hydrogens (tertiary/aromatic N) is 2. The molecule has 0 aliphatic rings. The summed E-state index contributed by atoms with van der Waals surface area (Å²) >= 11 is 1.20. The van der Waals surface area contributed by atoms with Gasteiger partial charge in [-0.25, -0.2) is 0 Å². The summed E-state index contributed by atoms with van der Waals surface area (Å²) in [5.41, 5.74) is 2.57. The van der Waals surface area contributed by atoms with E-state index in [0.29, 0.717) is 5.13 Å². The van der Waals surface area contributed by atoms with Crippen LogP contribution >= 0.6 is 11.3 Å². The summed E-state index contributed by atoms with van der Waals surface area (Å²) in [5, 5.41) is 10.1. The molecule has 0 unspecified atom stereocenters. The largest absolute Gasteiger partial charge is 0.456 e. The third-order valence-corrected chi connectivity index (χ3v) is 3.42. The quantitative estimate of drug-likeness (QED) is 0.828. The Balaban J connectivity index is 1.73. The lowest BCUT2D eigenvalue weighted by Crippen LogP contribution is -2.21. The molecule has 1 aromatic heterocycles. The van der Waals surface area contributed by atoms with Crippen molar-refractivity contribution in [1.82, 2.24) is 10.2 Å². The molecule has 0 saturated heterocycles. The van der Waals surface area contributed by atoms with Gasteiger partial charge >= 0.3 is 5.97 Å². The topological polar surface area (TPSA) is 81.2 Å². The standard InChI is InChI=1S/C14H15N3O3S/c1-10(11-5-3-2-4-6-11)7-13(19)20-8-12(18)16-14-17-15-9-21-14/h2-6,9-10H,7-8H2,1H3,(H,16,17,18)/t10-/m0/s1. The van der Waals surface area contributed by atoms with Crippen molar-refractivity contribution in [2.24, 2.45) is 0 Å². The van der Waals surface area contributed by atoms with Crippen LogP contribution in [0.2, 0.25) is 0 Å². The molecule has 110 valence electrons. The summed E-state index contributed by atoms with van der Waals surface area (Å²) in [5.74, 6) is -0.781. The molecule has 0 fully saturated rings. The molecule has 0 radical (unpaired) electrons. The zero-order valence-corrected chi connectivity index (χ0v) is 12.3. The Labute approximate surface area is 126 Å². The van der Waals surface area contributed by atoms with Crippen LogP contribution in [0.5, 0.6) is 0 Å². The molecule has 1 atom stereocenters. The zero-order valence-electron chi connectivity index (χ0n) is 11.5. The second-order valence-corrected chi connectivity index (χ2v) is 5.30. The number of aromatic nitrogens is 2. The van der Waals surface area contributed by atoms with Crippen LogP contribution in [0.3, 0.4) is 0 Å². The summed E-state index contributed by atoms with van der Waals surface area (Å²) in [4.78, 5) is 23.2. The van der Waals surface area contributed by atoms with E-state index in [1.807, 2.05) is 37.3 Å². The Morgan fingerprint density at radius 3 is 2.76 bits per heavy atom. The molecule has 0 aliphatic carbocycles. The summed E-state index contributed by atoms with van der Waals surface area (Å²) in [6.45, 7) is 1.62. The summed E-state index contributed by atoms with van der Waals surface area (Å²) in [7, 11) is 0. The maximum Gasteiger partial charge on any atom is 0.306 e. The van der Waals surface area contributed by atoms with Crippen LogP contribution in [0.15, 0.2) is 35.8 Å². The monoisotopic (exact) mass is 305 g/mol. The molecule has 2 rings (SSSR count). The fourth-order valence-electron chi connectivity index (χ4n) is 1.74. The fraction of sp³-hybridized carbons (Fsp3) is 0.286. The number of carbonyl (C=O) groups excluding carboxylic acids is 2. The summed E-state index contributed by atoms with van der Waals surface area (Å²) in [6, 6.07) is 9.69. The van der Waals surface area contributed by atoms with Crippen molar-refractivity contribution >= 4 is 28.3 Å². The van der Waals surface area contributed by atoms with Gasteiger partial charge in [-0.05, 0) is 11.5 Å². The third kappa shape index (κ3) is 4.96. The molecule has 0 spiro atoms. The Bertz CT molecular complexity index is 587. The normalized spacial score (nSPS) is 11.7. The molecule has 1 amide bonds. The van der Waals surface area contributed by atoms with Crippen LogP contribution in [0.4, 0.5) is 5.13 Å². The van der Waals surface area contributed by atoms with Crippen molar-refractivity contribution in [3.8, 4) is 0 Å². The molecule has 0 aliphatic heterocycles. The van der Waals surface area contributed by atoms with Gasteiger partial charge in [-0.15, -0.1) is 10.2 Å².